The van der Waals surface area contributed by atoms with E-state index >= 15 is 0 Å². The zero-order valence-corrected chi connectivity index (χ0v) is 4.77. The lowest BCUT2D eigenvalue weighted by atomic mass is 10.7. The quantitative estimate of drug-likeness (QED) is 0.502. The van der Waals surface area contributed by atoms with E-state index < -0.39 is 0 Å². The highest BCUT2D eigenvalue weighted by atomic mass is 16.7. The molecule has 0 atom stereocenters. The van der Waals surface area contributed by atoms with Gasteiger partial charge in [0, 0.05) is 0 Å². The van der Waals surface area contributed by atoms with Gasteiger partial charge in [-0.05, 0) is 10.4 Å². The molecule has 0 bridgehead atoms. The van der Waals surface area contributed by atoms with Gasteiger partial charge in [0.2, 0.25) is 0 Å². The Morgan fingerprint density at radius 3 is 3.22 bits per heavy atom. The van der Waals surface area contributed by atoms with Gasteiger partial charge in [-0.3, -0.25) is 0 Å². The SMILES string of the molecule is C=CCOn1cnnn1. The van der Waals surface area contributed by atoms with Gasteiger partial charge in [0.25, 0.3) is 0 Å². The molecule has 1 heterocycles. The van der Waals surface area contributed by atoms with Crippen LogP contribution in [0, 0.1) is 0 Å². The van der Waals surface area contributed by atoms with Crippen molar-refractivity contribution in [1.82, 2.24) is 20.4 Å². The summed E-state index contributed by atoms with van der Waals surface area (Å²) in [6.45, 7) is 3.86. The summed E-state index contributed by atoms with van der Waals surface area (Å²) < 4.78 is 0. The Morgan fingerprint density at radius 2 is 2.67 bits per heavy atom. The van der Waals surface area contributed by atoms with Gasteiger partial charge in [0.15, 0.2) is 6.33 Å². The molecule has 0 unspecified atom stereocenters. The first-order chi connectivity index (χ1) is 4.43. The van der Waals surface area contributed by atoms with Crippen LogP contribution in [0.1, 0.15) is 0 Å². The molecule has 0 saturated carbocycles. The van der Waals surface area contributed by atoms with Gasteiger partial charge in [-0.15, -0.1) is 5.10 Å². The number of tetrazole rings is 1. The van der Waals surface area contributed by atoms with Crippen LogP contribution in [0.25, 0.3) is 0 Å². The van der Waals surface area contributed by atoms with Gasteiger partial charge in [0.05, 0.1) is 0 Å². The normalized spacial score (nSPS) is 8.89. The van der Waals surface area contributed by atoms with Crippen molar-refractivity contribution < 1.29 is 4.84 Å². The summed E-state index contributed by atoms with van der Waals surface area (Å²) >= 11 is 0. The first-order valence-electron chi connectivity index (χ1n) is 2.40. The van der Waals surface area contributed by atoms with E-state index in [4.69, 9.17) is 4.84 Å². The summed E-state index contributed by atoms with van der Waals surface area (Å²) in [7, 11) is 0. The molecule has 0 fully saturated rings. The largest absolute Gasteiger partial charge is 0.390 e. The molecular formula is C4H6N4O. The molecule has 1 aromatic heterocycles. The lowest BCUT2D eigenvalue weighted by Crippen LogP contribution is -2.11. The molecule has 5 heteroatoms. The van der Waals surface area contributed by atoms with E-state index in [-0.39, 0.29) is 0 Å². The number of aromatic nitrogens is 4. The van der Waals surface area contributed by atoms with Crippen molar-refractivity contribution >= 4 is 0 Å². The highest BCUT2D eigenvalue weighted by molar-refractivity contribution is 4.63. The van der Waals surface area contributed by atoms with E-state index in [1.54, 1.807) is 6.08 Å². The summed E-state index contributed by atoms with van der Waals surface area (Å²) in [5, 5.41) is 10.1. The molecule has 0 saturated heterocycles. The van der Waals surface area contributed by atoms with Crippen molar-refractivity contribution in [3.8, 4) is 0 Å². The Labute approximate surface area is 51.9 Å². The van der Waals surface area contributed by atoms with Crippen LogP contribution in [0.5, 0.6) is 0 Å². The van der Waals surface area contributed by atoms with Crippen LogP contribution in [0.3, 0.4) is 0 Å². The Bertz CT molecular complexity index is 171. The zero-order chi connectivity index (χ0) is 6.53. The molecule has 0 aliphatic rings. The monoisotopic (exact) mass is 126 g/mol. The van der Waals surface area contributed by atoms with E-state index in [0.717, 1.165) is 0 Å². The lowest BCUT2D eigenvalue weighted by Gasteiger charge is -1.95. The van der Waals surface area contributed by atoms with Crippen LogP contribution < -0.4 is 4.84 Å². The predicted octanol–water partition coefficient (Wildman–Crippen LogP) is -0.712. The summed E-state index contributed by atoms with van der Waals surface area (Å²) in [5.74, 6) is 0. The first kappa shape index (κ1) is 5.74. The molecule has 0 amide bonds. The van der Waals surface area contributed by atoms with Gasteiger partial charge in [0.1, 0.15) is 6.61 Å². The second-order valence-electron chi connectivity index (χ2n) is 1.30. The maximum absolute atomic E-state index is 4.86. The maximum Gasteiger partial charge on any atom is 0.179 e. The number of rotatable bonds is 3. The van der Waals surface area contributed by atoms with Gasteiger partial charge in [-0.1, -0.05) is 17.5 Å². The Kier molecular flexibility index (Phi) is 1.79. The van der Waals surface area contributed by atoms with E-state index in [0.29, 0.717) is 6.61 Å². The number of nitrogens with zero attached hydrogens (tertiary/aromatic N) is 4. The third-order valence-corrected chi connectivity index (χ3v) is 0.655. The van der Waals surface area contributed by atoms with Crippen molar-refractivity contribution in [3.05, 3.63) is 19.0 Å². The van der Waals surface area contributed by atoms with Crippen molar-refractivity contribution in [2.24, 2.45) is 0 Å². The molecule has 9 heavy (non-hydrogen) atoms. The van der Waals surface area contributed by atoms with Gasteiger partial charge >= 0.3 is 0 Å². The van der Waals surface area contributed by atoms with Crippen LogP contribution in [0.4, 0.5) is 0 Å². The van der Waals surface area contributed by atoms with Crippen LogP contribution in [-0.2, 0) is 0 Å². The van der Waals surface area contributed by atoms with Crippen LogP contribution >= 0.6 is 0 Å². The minimum atomic E-state index is 0.408. The molecule has 5 nitrogen and oxygen atoms in total. The fourth-order valence-corrected chi connectivity index (χ4v) is 0.341. The van der Waals surface area contributed by atoms with Crippen molar-refractivity contribution in [3.63, 3.8) is 0 Å². The van der Waals surface area contributed by atoms with E-state index in [2.05, 4.69) is 22.1 Å². The topological polar surface area (TPSA) is 52.8 Å². The number of hydrogen-bond acceptors (Lipinski definition) is 4. The van der Waals surface area contributed by atoms with Crippen LogP contribution in [0.2, 0.25) is 0 Å². The maximum atomic E-state index is 4.86. The second kappa shape index (κ2) is 2.81. The average molecular weight is 126 g/mol. The van der Waals surface area contributed by atoms with Crippen LogP contribution in [-0.4, -0.2) is 27.0 Å². The highest BCUT2D eigenvalue weighted by Gasteiger charge is 1.85. The molecule has 0 spiro atoms. The molecule has 48 valence electrons. The minimum absolute atomic E-state index is 0.408. The fourth-order valence-electron chi connectivity index (χ4n) is 0.341. The summed E-state index contributed by atoms with van der Waals surface area (Å²) in [5.41, 5.74) is 0. The zero-order valence-electron chi connectivity index (χ0n) is 4.77. The molecule has 0 aliphatic carbocycles. The van der Waals surface area contributed by atoms with E-state index in [9.17, 15) is 0 Å². The Hall–Kier alpha value is -1.39. The molecule has 1 rings (SSSR count). The summed E-state index contributed by atoms with van der Waals surface area (Å²) in [4.78, 5) is 6.03. The predicted molar refractivity (Wildman–Crippen MR) is 29.5 cm³/mol. The second-order valence-corrected chi connectivity index (χ2v) is 1.30. The molecular weight excluding hydrogens is 120 g/mol. The van der Waals surface area contributed by atoms with Gasteiger partial charge in [-0.25, -0.2) is 0 Å². The number of hydrogen-bond donors (Lipinski definition) is 0. The smallest absolute Gasteiger partial charge is 0.179 e. The van der Waals surface area contributed by atoms with Crippen molar-refractivity contribution in [2.45, 2.75) is 0 Å². The molecule has 1 aromatic rings. The van der Waals surface area contributed by atoms with E-state index in [1.165, 1.54) is 11.2 Å². The highest BCUT2D eigenvalue weighted by Crippen LogP contribution is 1.69. The minimum Gasteiger partial charge on any atom is -0.390 e. The lowest BCUT2D eigenvalue weighted by molar-refractivity contribution is 0.0999. The van der Waals surface area contributed by atoms with E-state index in [1.807, 2.05) is 0 Å². The Balaban J connectivity index is 2.38. The first-order valence-corrected chi connectivity index (χ1v) is 2.40. The standard InChI is InChI=1S/C4H6N4O/c1-2-3-9-8-4-5-6-7-8/h2,4H,1,3H2. The molecule has 0 aliphatic heterocycles. The van der Waals surface area contributed by atoms with Crippen LogP contribution in [0.15, 0.2) is 19.0 Å². The fraction of sp³-hybridized carbons (Fsp3) is 0.250. The van der Waals surface area contributed by atoms with Gasteiger partial charge < -0.3 is 4.84 Å². The van der Waals surface area contributed by atoms with Crippen molar-refractivity contribution in [2.75, 3.05) is 6.61 Å². The molecule has 0 radical (unpaired) electrons. The van der Waals surface area contributed by atoms with Gasteiger partial charge in [-0.2, -0.15) is 0 Å². The van der Waals surface area contributed by atoms with Crippen molar-refractivity contribution in [1.29, 1.82) is 0 Å². The Morgan fingerprint density at radius 1 is 1.78 bits per heavy atom. The third-order valence-electron chi connectivity index (χ3n) is 0.655. The summed E-state index contributed by atoms with van der Waals surface area (Å²) in [6, 6.07) is 0. The average Bonchev–Trinajstić information content (AvgIpc) is 2.34. The summed E-state index contributed by atoms with van der Waals surface area (Å²) in [6.07, 6.45) is 2.98. The molecule has 0 aromatic carbocycles. The third kappa shape index (κ3) is 1.52. The molecule has 0 N–H and O–H groups in total.